The van der Waals surface area contributed by atoms with Gasteiger partial charge >= 0.3 is 6.18 Å². The van der Waals surface area contributed by atoms with Gasteiger partial charge in [0.25, 0.3) is 0 Å². The van der Waals surface area contributed by atoms with Gasteiger partial charge in [-0.15, -0.1) is 0 Å². The molecule has 6 heteroatoms. The molecule has 15 heavy (non-hydrogen) atoms. The zero-order valence-corrected chi connectivity index (χ0v) is 8.35. The molecule has 2 aliphatic heterocycles. The van der Waals surface area contributed by atoms with Crippen LogP contribution in [0.5, 0.6) is 0 Å². The molecule has 2 fully saturated rings. The molecule has 88 valence electrons. The molecule has 0 radical (unpaired) electrons. The Labute approximate surface area is 86.1 Å². The summed E-state index contributed by atoms with van der Waals surface area (Å²) in [4.78, 5) is 1.75. The van der Waals surface area contributed by atoms with E-state index in [-0.39, 0.29) is 6.54 Å². The Hall–Kier alpha value is -0.330. The molecule has 2 rings (SSSR count). The van der Waals surface area contributed by atoms with Gasteiger partial charge < -0.3 is 9.47 Å². The van der Waals surface area contributed by atoms with Gasteiger partial charge in [-0.05, 0) is 0 Å². The predicted octanol–water partition coefficient (Wildman–Crippen LogP) is 1.39. The van der Waals surface area contributed by atoms with Crippen molar-refractivity contribution >= 4 is 0 Å². The van der Waals surface area contributed by atoms with E-state index in [0.29, 0.717) is 32.7 Å². The van der Waals surface area contributed by atoms with Crippen LogP contribution in [0.15, 0.2) is 0 Å². The number of ether oxygens (including phenoxy) is 2. The van der Waals surface area contributed by atoms with Crippen molar-refractivity contribution in [2.24, 2.45) is 0 Å². The van der Waals surface area contributed by atoms with E-state index in [9.17, 15) is 13.2 Å². The van der Waals surface area contributed by atoms with Crippen molar-refractivity contribution in [3.8, 4) is 0 Å². The van der Waals surface area contributed by atoms with Crippen LogP contribution in [0.25, 0.3) is 0 Å². The lowest BCUT2D eigenvalue weighted by Gasteiger charge is -2.22. The molecule has 0 aliphatic carbocycles. The Morgan fingerprint density at radius 3 is 2.47 bits per heavy atom. The zero-order chi connectivity index (χ0) is 10.9. The van der Waals surface area contributed by atoms with Crippen LogP contribution in [0.3, 0.4) is 0 Å². The van der Waals surface area contributed by atoms with Gasteiger partial charge in [0.1, 0.15) is 0 Å². The van der Waals surface area contributed by atoms with E-state index in [0.717, 1.165) is 0 Å². The first-order chi connectivity index (χ1) is 6.99. The third-order valence-electron chi connectivity index (χ3n) is 2.80. The molecule has 0 saturated carbocycles. The lowest BCUT2D eigenvalue weighted by atomic mass is 10.2. The lowest BCUT2D eigenvalue weighted by Crippen LogP contribution is -2.35. The fraction of sp³-hybridized carbons (Fsp3) is 1.00. The molecule has 0 aromatic rings. The average molecular weight is 225 g/mol. The molecule has 2 heterocycles. The average Bonchev–Trinajstić information content (AvgIpc) is 2.73. The Bertz CT molecular complexity index is 226. The minimum Gasteiger partial charge on any atom is -0.346 e. The maximum atomic E-state index is 12.0. The topological polar surface area (TPSA) is 21.7 Å². The molecule has 0 amide bonds. The summed E-state index contributed by atoms with van der Waals surface area (Å²) in [5.74, 6) is -0.606. The van der Waals surface area contributed by atoms with Crippen molar-refractivity contribution in [1.82, 2.24) is 4.90 Å². The van der Waals surface area contributed by atoms with Gasteiger partial charge in [0.05, 0.1) is 26.2 Å². The highest BCUT2D eigenvalue weighted by atomic mass is 19.4. The Kier molecular flexibility index (Phi) is 2.92. The lowest BCUT2D eigenvalue weighted by molar-refractivity contribution is -0.152. The molecule has 0 atom stereocenters. The third-order valence-corrected chi connectivity index (χ3v) is 2.80. The minimum atomic E-state index is -4.08. The van der Waals surface area contributed by atoms with Gasteiger partial charge in [-0.2, -0.15) is 13.2 Å². The highest BCUT2D eigenvalue weighted by Gasteiger charge is 2.43. The Balaban J connectivity index is 1.78. The number of nitrogens with zero attached hydrogens (tertiary/aromatic N) is 1. The standard InChI is InChI=1S/C9H14F3NO2/c10-9(11,12)2-4-13-3-1-8(7-13)14-5-6-15-8/h1-7H2. The van der Waals surface area contributed by atoms with E-state index < -0.39 is 18.4 Å². The number of hydrogen-bond acceptors (Lipinski definition) is 3. The summed E-state index contributed by atoms with van der Waals surface area (Å²) < 4.78 is 46.8. The molecule has 1 spiro atoms. The van der Waals surface area contributed by atoms with Gasteiger partial charge in [0.2, 0.25) is 0 Å². The quantitative estimate of drug-likeness (QED) is 0.708. The van der Waals surface area contributed by atoms with E-state index in [1.165, 1.54) is 0 Å². The summed E-state index contributed by atoms with van der Waals surface area (Å²) in [5.41, 5.74) is 0. The highest BCUT2D eigenvalue weighted by Crippen LogP contribution is 2.31. The normalized spacial score (nSPS) is 26.6. The molecule has 3 nitrogen and oxygen atoms in total. The van der Waals surface area contributed by atoms with Crippen molar-refractivity contribution < 1.29 is 22.6 Å². The SMILES string of the molecule is FC(F)(F)CCN1CCC2(C1)OCCO2. The summed E-state index contributed by atoms with van der Waals surface area (Å²) >= 11 is 0. The van der Waals surface area contributed by atoms with E-state index >= 15 is 0 Å². The van der Waals surface area contributed by atoms with E-state index in [1.807, 2.05) is 0 Å². The van der Waals surface area contributed by atoms with Crippen molar-refractivity contribution in [2.45, 2.75) is 24.8 Å². The molecule has 2 aliphatic rings. The molecule has 0 aromatic carbocycles. The highest BCUT2D eigenvalue weighted by molar-refractivity contribution is 4.86. The van der Waals surface area contributed by atoms with Gasteiger partial charge in [0.15, 0.2) is 5.79 Å². The van der Waals surface area contributed by atoms with Gasteiger partial charge in [0, 0.05) is 19.5 Å². The van der Waals surface area contributed by atoms with E-state index in [4.69, 9.17) is 9.47 Å². The van der Waals surface area contributed by atoms with Gasteiger partial charge in [-0.25, -0.2) is 0 Å². The Morgan fingerprint density at radius 2 is 1.87 bits per heavy atom. The van der Waals surface area contributed by atoms with Crippen LogP contribution >= 0.6 is 0 Å². The fourth-order valence-electron chi connectivity index (χ4n) is 2.04. The van der Waals surface area contributed by atoms with Crippen molar-refractivity contribution in [2.75, 3.05) is 32.8 Å². The largest absolute Gasteiger partial charge is 0.390 e. The second-order valence-electron chi connectivity index (χ2n) is 4.00. The van der Waals surface area contributed by atoms with Crippen LogP contribution in [-0.2, 0) is 9.47 Å². The molecule has 0 aromatic heterocycles. The van der Waals surface area contributed by atoms with E-state index in [2.05, 4.69) is 0 Å². The van der Waals surface area contributed by atoms with E-state index in [1.54, 1.807) is 4.90 Å². The summed E-state index contributed by atoms with van der Waals surface area (Å²) in [6, 6.07) is 0. The summed E-state index contributed by atoms with van der Waals surface area (Å²) in [6.45, 7) is 2.22. The molecule has 0 bridgehead atoms. The number of hydrogen-bond donors (Lipinski definition) is 0. The van der Waals surface area contributed by atoms with Crippen LogP contribution in [0, 0.1) is 0 Å². The number of rotatable bonds is 2. The predicted molar refractivity (Wildman–Crippen MR) is 46.4 cm³/mol. The monoisotopic (exact) mass is 225 g/mol. The minimum absolute atomic E-state index is 0.0397. The van der Waals surface area contributed by atoms with Crippen LogP contribution < -0.4 is 0 Å². The number of alkyl halides is 3. The second kappa shape index (κ2) is 3.92. The van der Waals surface area contributed by atoms with Crippen LogP contribution in [-0.4, -0.2) is 49.7 Å². The van der Waals surface area contributed by atoms with Gasteiger partial charge in [-0.3, -0.25) is 4.90 Å². The summed E-state index contributed by atoms with van der Waals surface area (Å²) in [5, 5.41) is 0. The maximum absolute atomic E-state index is 12.0. The van der Waals surface area contributed by atoms with Crippen molar-refractivity contribution in [3.63, 3.8) is 0 Å². The molecule has 0 unspecified atom stereocenters. The Morgan fingerprint density at radius 1 is 1.20 bits per heavy atom. The maximum Gasteiger partial charge on any atom is 0.390 e. The smallest absolute Gasteiger partial charge is 0.346 e. The molecule has 2 saturated heterocycles. The second-order valence-corrected chi connectivity index (χ2v) is 4.00. The summed E-state index contributed by atoms with van der Waals surface area (Å²) in [7, 11) is 0. The van der Waals surface area contributed by atoms with Crippen LogP contribution in [0.2, 0.25) is 0 Å². The first kappa shape index (κ1) is 11.2. The third kappa shape index (κ3) is 2.83. The molecular formula is C9H14F3NO2. The zero-order valence-electron chi connectivity index (χ0n) is 8.35. The number of halogens is 3. The molecule has 0 N–H and O–H groups in total. The van der Waals surface area contributed by atoms with Gasteiger partial charge in [-0.1, -0.05) is 0 Å². The first-order valence-electron chi connectivity index (χ1n) is 5.06. The fourth-order valence-corrected chi connectivity index (χ4v) is 2.04. The number of likely N-dealkylation sites (tertiary alicyclic amines) is 1. The van der Waals surface area contributed by atoms with Crippen molar-refractivity contribution in [1.29, 1.82) is 0 Å². The summed E-state index contributed by atoms with van der Waals surface area (Å²) in [6.07, 6.45) is -4.17. The van der Waals surface area contributed by atoms with Crippen molar-refractivity contribution in [3.05, 3.63) is 0 Å². The first-order valence-corrected chi connectivity index (χ1v) is 5.06. The van der Waals surface area contributed by atoms with Crippen LogP contribution in [0.4, 0.5) is 13.2 Å². The van der Waals surface area contributed by atoms with Crippen LogP contribution in [0.1, 0.15) is 12.8 Å². The molecular weight excluding hydrogens is 211 g/mol.